The van der Waals surface area contributed by atoms with Gasteiger partial charge in [-0.1, -0.05) is 67.5 Å². The minimum Gasteiger partial charge on any atom is -0.508 e. The molecule has 0 aliphatic rings. The fraction of sp³-hybridized carbons (Fsp3) is 0.673. The van der Waals surface area contributed by atoms with Gasteiger partial charge in [0.2, 0.25) is 53.2 Å². The highest BCUT2D eigenvalue weighted by Gasteiger charge is 2.38. The molecule has 1 rings (SSSR count). The highest BCUT2D eigenvalue weighted by Crippen LogP contribution is 2.15. The molecule has 20 N–H and O–H groups in total. The van der Waals surface area contributed by atoms with E-state index in [0.29, 0.717) is 24.8 Å². The van der Waals surface area contributed by atoms with Crippen molar-refractivity contribution in [2.45, 2.75) is 199 Å². The van der Waals surface area contributed by atoms with E-state index in [0.717, 1.165) is 6.92 Å². The normalized spacial score (nSPS) is 15.3. The van der Waals surface area contributed by atoms with Crippen LogP contribution < -0.4 is 65.1 Å². The molecule has 0 aromatic heterocycles. The van der Waals surface area contributed by atoms with Crippen molar-refractivity contribution in [2.75, 3.05) is 13.1 Å². The topological polar surface area (TPSA) is 492 Å². The highest BCUT2D eigenvalue weighted by atomic mass is 16.4. The van der Waals surface area contributed by atoms with Gasteiger partial charge >= 0.3 is 17.9 Å². The van der Waals surface area contributed by atoms with E-state index in [9.17, 15) is 83.1 Å². The third kappa shape index (κ3) is 27.7. The molecule has 1 aromatic rings. The number of aliphatic hydroxyl groups is 1. The van der Waals surface area contributed by atoms with Crippen LogP contribution in [0.15, 0.2) is 24.3 Å². The van der Waals surface area contributed by atoms with E-state index in [1.807, 2.05) is 13.8 Å². The van der Waals surface area contributed by atoms with E-state index in [4.69, 9.17) is 17.2 Å². The third-order valence-electron chi connectivity index (χ3n) is 13.2. The molecule has 0 aliphatic heterocycles. The summed E-state index contributed by atoms with van der Waals surface area (Å²) in [5.41, 5.74) is 17.6. The van der Waals surface area contributed by atoms with Crippen molar-refractivity contribution in [2.24, 2.45) is 40.9 Å². The maximum absolute atomic E-state index is 14.2. The monoisotopic (exact) mass is 1190 g/mol. The van der Waals surface area contributed by atoms with Crippen molar-refractivity contribution in [3.63, 3.8) is 0 Å². The number of carbonyl (C=O) groups is 12. The number of aliphatic carboxylic acids is 3. The average Bonchev–Trinajstić information content (AvgIpc) is 3.49. The van der Waals surface area contributed by atoms with E-state index in [-0.39, 0.29) is 75.1 Å². The Morgan fingerprint density at radius 3 is 1.23 bits per heavy atom. The number of hydrogen-bond acceptors (Lipinski definition) is 17. The number of carbonyl (C=O) groups excluding carboxylic acids is 9. The number of benzene rings is 1. The molecule has 0 unspecified atom stereocenters. The second-order valence-electron chi connectivity index (χ2n) is 22.4. The van der Waals surface area contributed by atoms with Gasteiger partial charge in [0.25, 0.3) is 0 Å². The van der Waals surface area contributed by atoms with Gasteiger partial charge in [-0.15, -0.1) is 0 Å². The summed E-state index contributed by atoms with van der Waals surface area (Å²) in [5, 5.41) is 72.0. The van der Waals surface area contributed by atoms with Gasteiger partial charge in [0.1, 0.15) is 60.1 Å². The number of aliphatic hydroxyl groups excluding tert-OH is 1. The Bertz CT molecular complexity index is 2370. The maximum Gasteiger partial charge on any atom is 0.326 e. The van der Waals surface area contributed by atoms with E-state index in [2.05, 4.69) is 47.9 Å². The van der Waals surface area contributed by atoms with Crippen LogP contribution >= 0.6 is 0 Å². The smallest absolute Gasteiger partial charge is 0.326 e. The Balaban J connectivity index is 3.57. The van der Waals surface area contributed by atoms with Crippen molar-refractivity contribution < 1.29 is 83.1 Å². The van der Waals surface area contributed by atoms with Gasteiger partial charge in [-0.25, -0.2) is 4.79 Å². The van der Waals surface area contributed by atoms with Gasteiger partial charge < -0.3 is 90.6 Å². The molecule has 29 heteroatoms. The van der Waals surface area contributed by atoms with Crippen molar-refractivity contribution in [3.05, 3.63) is 29.8 Å². The number of rotatable bonds is 40. The van der Waals surface area contributed by atoms with Crippen molar-refractivity contribution >= 4 is 71.1 Å². The summed E-state index contributed by atoms with van der Waals surface area (Å²) in [6, 6.07) is -10.1. The molecule has 1 aromatic carbocycles. The fourth-order valence-corrected chi connectivity index (χ4v) is 8.39. The predicted octanol–water partition coefficient (Wildman–Crippen LogP) is -2.30. The Labute approximate surface area is 489 Å². The number of carboxylic acids is 3. The van der Waals surface area contributed by atoms with E-state index in [1.54, 1.807) is 41.5 Å². The summed E-state index contributed by atoms with van der Waals surface area (Å²) in [6.07, 6.45) is -2.96. The van der Waals surface area contributed by atoms with E-state index in [1.165, 1.54) is 24.3 Å². The molecular formula is C55H92N12O17. The highest BCUT2D eigenvalue weighted by molar-refractivity contribution is 6.00. The number of unbranched alkanes of at least 4 members (excludes halogenated alkanes) is 2. The largest absolute Gasteiger partial charge is 0.508 e. The number of nitrogens with one attached hydrogen (secondary N) is 9. The molecule has 0 spiro atoms. The summed E-state index contributed by atoms with van der Waals surface area (Å²) < 4.78 is 0. The molecule has 84 heavy (non-hydrogen) atoms. The summed E-state index contributed by atoms with van der Waals surface area (Å²) >= 11 is 0. The van der Waals surface area contributed by atoms with E-state index < -0.39 is 156 Å². The second-order valence-corrected chi connectivity index (χ2v) is 22.4. The number of amides is 9. The lowest BCUT2D eigenvalue weighted by atomic mass is 9.97. The van der Waals surface area contributed by atoms with E-state index >= 15 is 0 Å². The Morgan fingerprint density at radius 2 is 0.786 bits per heavy atom. The first-order chi connectivity index (χ1) is 39.2. The van der Waals surface area contributed by atoms with Crippen LogP contribution in [0.5, 0.6) is 5.75 Å². The lowest BCUT2D eigenvalue weighted by Gasteiger charge is -2.30. The number of phenolic OH excluding ortho intramolecular Hbond substituents is 1. The third-order valence-corrected chi connectivity index (χ3v) is 13.2. The van der Waals surface area contributed by atoms with Crippen LogP contribution in [0.2, 0.25) is 0 Å². The van der Waals surface area contributed by atoms with Crippen LogP contribution in [0.25, 0.3) is 0 Å². The van der Waals surface area contributed by atoms with Crippen LogP contribution in [-0.2, 0) is 64.0 Å². The molecule has 11 atom stereocenters. The lowest BCUT2D eigenvalue weighted by molar-refractivity contribution is -0.143. The summed E-state index contributed by atoms with van der Waals surface area (Å²) in [7, 11) is 0. The number of carboxylic acid groups (broad SMARTS) is 3. The second kappa shape index (κ2) is 37.6. The quantitative estimate of drug-likeness (QED) is 0.0307. The van der Waals surface area contributed by atoms with Crippen molar-refractivity contribution in [3.8, 4) is 5.75 Å². The van der Waals surface area contributed by atoms with Crippen LogP contribution in [0.3, 0.4) is 0 Å². The number of phenols is 1. The van der Waals surface area contributed by atoms with Gasteiger partial charge in [-0.2, -0.15) is 0 Å². The molecule has 0 saturated carbocycles. The zero-order chi connectivity index (χ0) is 64.1. The minimum atomic E-state index is -2.09. The van der Waals surface area contributed by atoms with Crippen LogP contribution in [0, 0.1) is 23.7 Å². The zero-order valence-electron chi connectivity index (χ0n) is 49.5. The number of aromatic hydroxyl groups is 1. The first kappa shape index (κ1) is 74.5. The first-order valence-electron chi connectivity index (χ1n) is 28.2. The van der Waals surface area contributed by atoms with Gasteiger partial charge in [-0.05, 0) is 113 Å². The predicted molar refractivity (Wildman–Crippen MR) is 305 cm³/mol. The van der Waals surface area contributed by atoms with Crippen LogP contribution in [0.4, 0.5) is 0 Å². The molecule has 0 heterocycles. The average molecular weight is 1190 g/mol. The van der Waals surface area contributed by atoms with Gasteiger partial charge in [0.15, 0.2) is 0 Å². The lowest BCUT2D eigenvalue weighted by Crippen LogP contribution is -2.62. The van der Waals surface area contributed by atoms with Gasteiger partial charge in [-0.3, -0.25) is 52.7 Å². The Hall–Kier alpha value is -7.50. The summed E-state index contributed by atoms with van der Waals surface area (Å²) in [6.45, 7) is 15.2. The number of hydrogen-bond donors (Lipinski definition) is 17. The molecule has 0 radical (unpaired) electrons. The summed E-state index contributed by atoms with van der Waals surface area (Å²) in [4.78, 5) is 161. The zero-order valence-corrected chi connectivity index (χ0v) is 49.5. The first-order valence-corrected chi connectivity index (χ1v) is 28.2. The molecule has 0 fully saturated rings. The van der Waals surface area contributed by atoms with Crippen LogP contribution in [-0.4, -0.2) is 176 Å². The summed E-state index contributed by atoms with van der Waals surface area (Å²) in [5.74, 6) is -15.3. The fourth-order valence-electron chi connectivity index (χ4n) is 8.39. The SMILES string of the molecule is CC(C)C[C@H](NC(=O)[C@@H](N)C(C)C)C(=O)N[C@H](C(=O)N[C@@H](CC(C)C)C(=O)N[C@@H](CC(=O)O)C(=O)N[C@H](C(=O)N[C@@H](CC(=O)O)C(=O)N[C@@H](Cc1ccc(O)cc1)C(=O)N[C@@H](CCCCN)C(=O)N[C@@H](CCCCN)C(=O)O)[C@@H](C)O)C(C)C. The number of nitrogens with two attached hydrogens (primary N) is 3. The molecule has 0 saturated heterocycles. The molecule has 9 amide bonds. The van der Waals surface area contributed by atoms with Gasteiger partial charge in [0.05, 0.1) is 25.0 Å². The molecule has 0 aliphatic carbocycles. The molecule has 29 nitrogen and oxygen atoms in total. The van der Waals surface area contributed by atoms with Crippen LogP contribution in [0.1, 0.15) is 132 Å². The molecule has 0 bridgehead atoms. The minimum absolute atomic E-state index is 0.0151. The standard InChI is InChI=1S/C55H92N12O17/c1-27(2)22-36(64-53(81)44(30(7)8)66-50(78)37(23-28(3)4)63-52(80)43(58)29(5)6)47(75)62-40(26-42(72)73)51(79)67-45(31(9)68)54(82)65-39(25-41(70)71)49(77)61-38(24-32-16-18-33(69)19-17-32)48(76)59-34(14-10-12-20-56)46(74)60-35(55(83)84)15-11-13-21-57/h16-19,27-31,34-40,43-45,68-69H,10-15,20-26,56-58H2,1-9H3,(H,59,76)(H,60,74)(H,61,77)(H,62,75)(H,63,80)(H,64,81)(H,65,82)(H,66,78)(H,67,79)(H,70,71)(H,72,73)(H,83,84)/t31-,34+,35+,36+,37+,38+,39+,40+,43+,44+,45+/m1/s1. The molecule has 474 valence electrons. The Kier molecular flexibility index (Phi) is 33.4. The van der Waals surface area contributed by atoms with Crippen molar-refractivity contribution in [1.29, 1.82) is 0 Å². The molecular weight excluding hydrogens is 1100 g/mol. The Morgan fingerprint density at radius 1 is 0.429 bits per heavy atom. The van der Waals surface area contributed by atoms with Crippen molar-refractivity contribution in [1.82, 2.24) is 47.9 Å². The van der Waals surface area contributed by atoms with Gasteiger partial charge in [0, 0.05) is 6.42 Å². The maximum atomic E-state index is 14.2.